The molecule has 0 spiro atoms. The van der Waals surface area contributed by atoms with Crippen LogP contribution in [0.4, 0.5) is 11.4 Å². The SMILES string of the molecule is Cc1cc([N+](=O)[O-])ccc1N1CCN(C)CC1CN. The van der Waals surface area contributed by atoms with E-state index in [1.165, 1.54) is 0 Å². The van der Waals surface area contributed by atoms with Crippen molar-refractivity contribution in [3.63, 3.8) is 0 Å². The molecule has 2 rings (SSSR count). The van der Waals surface area contributed by atoms with Crippen LogP contribution >= 0.6 is 0 Å². The monoisotopic (exact) mass is 264 g/mol. The van der Waals surface area contributed by atoms with E-state index < -0.39 is 0 Å². The molecule has 6 heteroatoms. The van der Waals surface area contributed by atoms with Gasteiger partial charge in [-0.1, -0.05) is 0 Å². The number of nitrogens with two attached hydrogens (primary N) is 1. The van der Waals surface area contributed by atoms with E-state index in [2.05, 4.69) is 16.8 Å². The maximum absolute atomic E-state index is 10.8. The van der Waals surface area contributed by atoms with Gasteiger partial charge in [0.05, 0.1) is 11.0 Å². The van der Waals surface area contributed by atoms with E-state index in [1.807, 2.05) is 13.0 Å². The molecule has 0 bridgehead atoms. The summed E-state index contributed by atoms with van der Waals surface area (Å²) in [6.45, 7) is 5.30. The molecule has 1 fully saturated rings. The zero-order valence-electron chi connectivity index (χ0n) is 11.4. The van der Waals surface area contributed by atoms with Crippen LogP contribution in [0.15, 0.2) is 18.2 Å². The van der Waals surface area contributed by atoms with Crippen LogP contribution in [-0.4, -0.2) is 49.1 Å². The summed E-state index contributed by atoms with van der Waals surface area (Å²) < 4.78 is 0. The Hall–Kier alpha value is -1.66. The maximum Gasteiger partial charge on any atom is 0.269 e. The molecule has 1 heterocycles. The van der Waals surface area contributed by atoms with Crippen molar-refractivity contribution >= 4 is 11.4 Å². The first kappa shape index (κ1) is 13.8. The topological polar surface area (TPSA) is 75.6 Å². The Labute approximate surface area is 112 Å². The van der Waals surface area contributed by atoms with Crippen LogP contribution in [-0.2, 0) is 0 Å². The van der Waals surface area contributed by atoms with Gasteiger partial charge in [-0.05, 0) is 25.6 Å². The molecule has 6 nitrogen and oxygen atoms in total. The summed E-state index contributed by atoms with van der Waals surface area (Å²) in [7, 11) is 2.09. The fourth-order valence-corrected chi connectivity index (χ4v) is 2.61. The molecular formula is C13H20N4O2. The molecule has 1 saturated heterocycles. The highest BCUT2D eigenvalue weighted by Gasteiger charge is 2.25. The first-order valence-electron chi connectivity index (χ1n) is 6.43. The Bertz CT molecular complexity index is 478. The lowest BCUT2D eigenvalue weighted by Gasteiger charge is -2.41. The molecular weight excluding hydrogens is 244 g/mol. The molecule has 1 atom stereocenters. The van der Waals surface area contributed by atoms with Gasteiger partial charge in [-0.15, -0.1) is 0 Å². The third kappa shape index (κ3) is 2.85. The van der Waals surface area contributed by atoms with E-state index in [0.717, 1.165) is 30.9 Å². The highest BCUT2D eigenvalue weighted by Crippen LogP contribution is 2.27. The van der Waals surface area contributed by atoms with Gasteiger partial charge in [-0.2, -0.15) is 0 Å². The lowest BCUT2D eigenvalue weighted by molar-refractivity contribution is -0.384. The predicted molar refractivity (Wildman–Crippen MR) is 75.5 cm³/mol. The Morgan fingerprint density at radius 2 is 2.21 bits per heavy atom. The lowest BCUT2D eigenvalue weighted by Crippen LogP contribution is -2.55. The van der Waals surface area contributed by atoms with Crippen molar-refractivity contribution in [1.82, 2.24) is 4.90 Å². The summed E-state index contributed by atoms with van der Waals surface area (Å²) in [5.41, 5.74) is 7.96. The summed E-state index contributed by atoms with van der Waals surface area (Å²) in [6.07, 6.45) is 0. The number of benzene rings is 1. The van der Waals surface area contributed by atoms with Crippen LogP contribution in [0.3, 0.4) is 0 Å². The predicted octanol–water partition coefficient (Wildman–Crippen LogP) is 0.982. The van der Waals surface area contributed by atoms with E-state index in [0.29, 0.717) is 6.54 Å². The van der Waals surface area contributed by atoms with Crippen molar-refractivity contribution in [1.29, 1.82) is 0 Å². The maximum atomic E-state index is 10.8. The first-order chi connectivity index (χ1) is 9.02. The van der Waals surface area contributed by atoms with E-state index in [-0.39, 0.29) is 16.7 Å². The van der Waals surface area contributed by atoms with Gasteiger partial charge in [0.25, 0.3) is 5.69 Å². The molecule has 19 heavy (non-hydrogen) atoms. The molecule has 0 amide bonds. The molecule has 1 aliphatic rings. The Kier molecular flexibility index (Phi) is 4.01. The molecule has 1 aromatic rings. The van der Waals surface area contributed by atoms with Crippen molar-refractivity contribution < 1.29 is 4.92 Å². The second-order valence-corrected chi connectivity index (χ2v) is 5.07. The lowest BCUT2D eigenvalue weighted by atomic mass is 10.1. The number of hydrogen-bond donors (Lipinski definition) is 1. The molecule has 0 radical (unpaired) electrons. The van der Waals surface area contributed by atoms with Crippen LogP contribution in [0.5, 0.6) is 0 Å². The number of anilines is 1. The van der Waals surface area contributed by atoms with E-state index >= 15 is 0 Å². The Morgan fingerprint density at radius 1 is 1.47 bits per heavy atom. The van der Waals surface area contributed by atoms with Crippen molar-refractivity contribution in [2.45, 2.75) is 13.0 Å². The van der Waals surface area contributed by atoms with E-state index in [9.17, 15) is 10.1 Å². The molecule has 0 saturated carbocycles. The zero-order chi connectivity index (χ0) is 14.0. The van der Waals surface area contributed by atoms with Crippen LogP contribution in [0.1, 0.15) is 5.56 Å². The van der Waals surface area contributed by atoms with E-state index in [4.69, 9.17) is 5.73 Å². The van der Waals surface area contributed by atoms with Gasteiger partial charge < -0.3 is 15.5 Å². The summed E-state index contributed by atoms with van der Waals surface area (Å²) in [6, 6.07) is 5.29. The van der Waals surface area contributed by atoms with Crippen LogP contribution in [0.25, 0.3) is 0 Å². The van der Waals surface area contributed by atoms with Crippen molar-refractivity contribution in [2.24, 2.45) is 5.73 Å². The minimum atomic E-state index is -0.360. The fourth-order valence-electron chi connectivity index (χ4n) is 2.61. The van der Waals surface area contributed by atoms with Crippen molar-refractivity contribution in [3.8, 4) is 0 Å². The van der Waals surface area contributed by atoms with Gasteiger partial charge in [0.15, 0.2) is 0 Å². The average Bonchev–Trinajstić information content (AvgIpc) is 2.38. The number of nitrogens with zero attached hydrogens (tertiary/aromatic N) is 3. The van der Waals surface area contributed by atoms with Gasteiger partial charge in [0.1, 0.15) is 0 Å². The summed E-state index contributed by atoms with van der Waals surface area (Å²) in [4.78, 5) is 14.9. The largest absolute Gasteiger partial charge is 0.364 e. The number of non-ortho nitro benzene ring substituents is 1. The summed E-state index contributed by atoms with van der Waals surface area (Å²) >= 11 is 0. The number of hydrogen-bond acceptors (Lipinski definition) is 5. The Balaban J connectivity index is 2.28. The smallest absolute Gasteiger partial charge is 0.269 e. The second-order valence-electron chi connectivity index (χ2n) is 5.07. The van der Waals surface area contributed by atoms with Crippen LogP contribution < -0.4 is 10.6 Å². The van der Waals surface area contributed by atoms with Gasteiger partial charge in [-0.3, -0.25) is 10.1 Å². The summed E-state index contributed by atoms with van der Waals surface area (Å²) in [5.74, 6) is 0. The van der Waals surface area contributed by atoms with E-state index in [1.54, 1.807) is 12.1 Å². The molecule has 104 valence electrons. The Morgan fingerprint density at radius 3 is 2.79 bits per heavy atom. The number of nitro benzene ring substituents is 1. The minimum Gasteiger partial charge on any atom is -0.364 e. The van der Waals surface area contributed by atoms with Gasteiger partial charge in [0, 0.05) is 44.0 Å². The quantitative estimate of drug-likeness (QED) is 0.650. The number of piperazine rings is 1. The summed E-state index contributed by atoms with van der Waals surface area (Å²) in [5, 5.41) is 10.8. The molecule has 0 aliphatic carbocycles. The van der Waals surface area contributed by atoms with Gasteiger partial charge in [-0.25, -0.2) is 0 Å². The zero-order valence-corrected chi connectivity index (χ0v) is 11.4. The van der Waals surface area contributed by atoms with Crippen molar-refractivity contribution in [2.75, 3.05) is 38.1 Å². The number of likely N-dealkylation sites (N-methyl/N-ethyl adjacent to an activating group) is 1. The minimum absolute atomic E-state index is 0.139. The van der Waals surface area contributed by atoms with Crippen molar-refractivity contribution in [3.05, 3.63) is 33.9 Å². The van der Waals surface area contributed by atoms with Crippen LogP contribution in [0.2, 0.25) is 0 Å². The number of nitro groups is 1. The molecule has 2 N–H and O–H groups in total. The van der Waals surface area contributed by atoms with Gasteiger partial charge >= 0.3 is 0 Å². The highest BCUT2D eigenvalue weighted by molar-refractivity contribution is 5.58. The third-order valence-corrected chi connectivity index (χ3v) is 3.66. The normalized spacial score (nSPS) is 20.6. The fraction of sp³-hybridized carbons (Fsp3) is 0.538. The second kappa shape index (κ2) is 5.54. The van der Waals surface area contributed by atoms with Crippen LogP contribution in [0, 0.1) is 17.0 Å². The number of rotatable bonds is 3. The highest BCUT2D eigenvalue weighted by atomic mass is 16.6. The molecule has 1 aromatic carbocycles. The van der Waals surface area contributed by atoms with Gasteiger partial charge in [0.2, 0.25) is 0 Å². The number of aryl methyl sites for hydroxylation is 1. The average molecular weight is 264 g/mol. The third-order valence-electron chi connectivity index (χ3n) is 3.66. The molecule has 0 aromatic heterocycles. The molecule has 1 aliphatic heterocycles. The molecule has 1 unspecified atom stereocenters. The first-order valence-corrected chi connectivity index (χ1v) is 6.43. The standard InChI is InChI=1S/C13H20N4O2/c1-10-7-11(17(18)19)3-4-13(10)16-6-5-15(2)9-12(16)8-14/h3-4,7,12H,5-6,8-9,14H2,1-2H3.